The van der Waals surface area contributed by atoms with E-state index in [1.54, 1.807) is 11.3 Å². The molecule has 1 aliphatic rings. The van der Waals surface area contributed by atoms with E-state index in [1.807, 2.05) is 12.1 Å². The van der Waals surface area contributed by atoms with Gasteiger partial charge in [0.1, 0.15) is 0 Å². The zero-order valence-electron chi connectivity index (χ0n) is 9.70. The summed E-state index contributed by atoms with van der Waals surface area (Å²) in [6.45, 7) is 0. The smallest absolute Gasteiger partial charge is 0.0554 e. The van der Waals surface area contributed by atoms with Crippen LogP contribution in [0, 0.1) is 5.92 Å². The number of hydrogen-bond donors (Lipinski definition) is 1. The fraction of sp³-hybridized carbons (Fsp3) is 0.286. The Morgan fingerprint density at radius 2 is 2.06 bits per heavy atom. The molecule has 1 nitrogen and oxygen atoms in total. The zero-order valence-corrected chi connectivity index (χ0v) is 12.9. The summed E-state index contributed by atoms with van der Waals surface area (Å²) < 4.78 is 0.930. The Balaban J connectivity index is 1.89. The van der Waals surface area contributed by atoms with Crippen molar-refractivity contribution in [1.82, 2.24) is 0 Å². The van der Waals surface area contributed by atoms with Gasteiger partial charge in [0.2, 0.25) is 0 Å². The van der Waals surface area contributed by atoms with E-state index in [1.165, 1.54) is 22.6 Å². The van der Waals surface area contributed by atoms with Crippen molar-refractivity contribution in [3.63, 3.8) is 0 Å². The van der Waals surface area contributed by atoms with Crippen LogP contribution in [0.15, 0.2) is 34.8 Å². The van der Waals surface area contributed by atoms with Gasteiger partial charge in [-0.2, -0.15) is 0 Å². The first-order valence-corrected chi connectivity index (χ1v) is 7.94. The van der Waals surface area contributed by atoms with Gasteiger partial charge in [0.05, 0.1) is 5.02 Å². The quantitative estimate of drug-likeness (QED) is 0.811. The minimum atomic E-state index is 0.217. The van der Waals surface area contributed by atoms with Crippen molar-refractivity contribution < 1.29 is 0 Å². The largest absolute Gasteiger partial charge is 0.323 e. The molecule has 2 aromatic rings. The van der Waals surface area contributed by atoms with Gasteiger partial charge in [-0.3, -0.25) is 0 Å². The maximum absolute atomic E-state index is 6.22. The van der Waals surface area contributed by atoms with Crippen LogP contribution < -0.4 is 5.73 Å². The number of benzene rings is 1. The summed E-state index contributed by atoms with van der Waals surface area (Å²) in [5, 5.41) is 0.744. The van der Waals surface area contributed by atoms with Gasteiger partial charge >= 0.3 is 0 Å². The molecule has 1 aliphatic carbocycles. The SMILES string of the molecule is NC(c1ccc(-c2ccc(Br)c(Cl)c2)s1)C1CC1. The van der Waals surface area contributed by atoms with E-state index in [0.717, 1.165) is 15.1 Å². The molecule has 0 spiro atoms. The third-order valence-corrected chi connectivity index (χ3v) is 5.76. The molecule has 1 unspecified atom stereocenters. The minimum absolute atomic E-state index is 0.217. The summed E-state index contributed by atoms with van der Waals surface area (Å²) in [5.74, 6) is 0.699. The van der Waals surface area contributed by atoms with Gasteiger partial charge in [0.15, 0.2) is 0 Å². The summed E-state index contributed by atoms with van der Waals surface area (Å²) in [4.78, 5) is 2.52. The van der Waals surface area contributed by atoms with E-state index in [4.69, 9.17) is 17.3 Å². The van der Waals surface area contributed by atoms with Crippen molar-refractivity contribution in [1.29, 1.82) is 0 Å². The first-order chi connectivity index (χ1) is 8.65. The van der Waals surface area contributed by atoms with Crippen LogP contribution in [-0.4, -0.2) is 0 Å². The van der Waals surface area contributed by atoms with E-state index >= 15 is 0 Å². The maximum atomic E-state index is 6.22. The Morgan fingerprint density at radius 1 is 1.28 bits per heavy atom. The molecule has 1 heterocycles. The molecule has 1 aromatic carbocycles. The molecule has 1 atom stereocenters. The molecule has 3 rings (SSSR count). The van der Waals surface area contributed by atoms with Gasteiger partial charge in [-0.05, 0) is 64.5 Å². The summed E-state index contributed by atoms with van der Waals surface area (Å²) in [5.41, 5.74) is 7.38. The minimum Gasteiger partial charge on any atom is -0.323 e. The lowest BCUT2D eigenvalue weighted by molar-refractivity contribution is 0.645. The molecule has 94 valence electrons. The normalized spacial score (nSPS) is 16.8. The molecule has 18 heavy (non-hydrogen) atoms. The molecule has 0 amide bonds. The Kier molecular flexibility index (Phi) is 3.50. The summed E-state index contributed by atoms with van der Waals surface area (Å²) in [6.07, 6.45) is 2.55. The molecule has 0 aliphatic heterocycles. The van der Waals surface area contributed by atoms with Crippen molar-refractivity contribution in [3.05, 3.63) is 44.7 Å². The average molecular weight is 343 g/mol. The van der Waals surface area contributed by atoms with Crippen LogP contribution in [0.5, 0.6) is 0 Å². The van der Waals surface area contributed by atoms with Gasteiger partial charge in [0.25, 0.3) is 0 Å². The second kappa shape index (κ2) is 4.97. The first kappa shape index (κ1) is 12.7. The molecule has 2 N–H and O–H groups in total. The lowest BCUT2D eigenvalue weighted by Crippen LogP contribution is -2.10. The highest BCUT2D eigenvalue weighted by atomic mass is 79.9. The van der Waals surface area contributed by atoms with Crippen LogP contribution in [0.4, 0.5) is 0 Å². The maximum Gasteiger partial charge on any atom is 0.0554 e. The van der Waals surface area contributed by atoms with Crippen molar-refractivity contribution in [3.8, 4) is 10.4 Å². The highest BCUT2D eigenvalue weighted by molar-refractivity contribution is 9.10. The highest BCUT2D eigenvalue weighted by Crippen LogP contribution is 2.43. The van der Waals surface area contributed by atoms with E-state index in [-0.39, 0.29) is 6.04 Å². The number of nitrogens with two attached hydrogens (primary N) is 1. The second-order valence-electron chi connectivity index (χ2n) is 4.69. The third-order valence-electron chi connectivity index (χ3n) is 3.29. The standard InChI is InChI=1S/C14H13BrClNS/c15-10-4-3-9(7-11(10)16)12-5-6-13(18-12)14(17)8-1-2-8/h3-8,14H,1-2,17H2. The van der Waals surface area contributed by atoms with Gasteiger partial charge < -0.3 is 5.73 Å². The summed E-state index contributed by atoms with van der Waals surface area (Å²) in [7, 11) is 0. The molecule has 4 heteroatoms. The first-order valence-electron chi connectivity index (χ1n) is 5.96. The third kappa shape index (κ3) is 2.50. The van der Waals surface area contributed by atoms with E-state index in [9.17, 15) is 0 Å². The number of halogens is 2. The van der Waals surface area contributed by atoms with Crippen LogP contribution in [0.3, 0.4) is 0 Å². The number of hydrogen-bond acceptors (Lipinski definition) is 2. The van der Waals surface area contributed by atoms with Crippen LogP contribution in [0.1, 0.15) is 23.8 Å². The molecule has 1 aromatic heterocycles. The predicted octanol–water partition coefficient (Wildman–Crippen LogP) is 5.24. The molecular formula is C14H13BrClNS. The van der Waals surface area contributed by atoms with Crippen molar-refractivity contribution in [2.75, 3.05) is 0 Å². The van der Waals surface area contributed by atoms with Crippen LogP contribution in [-0.2, 0) is 0 Å². The Bertz CT molecular complexity index is 577. The Morgan fingerprint density at radius 3 is 2.72 bits per heavy atom. The lowest BCUT2D eigenvalue weighted by atomic mass is 10.1. The molecular weight excluding hydrogens is 330 g/mol. The van der Waals surface area contributed by atoms with Gasteiger partial charge in [0, 0.05) is 20.3 Å². The Hall–Kier alpha value is -0.350. The number of thiophene rings is 1. The average Bonchev–Trinajstić information content (AvgIpc) is 3.09. The fourth-order valence-corrected chi connectivity index (χ4v) is 3.55. The van der Waals surface area contributed by atoms with E-state index in [2.05, 4.69) is 34.1 Å². The summed E-state index contributed by atoms with van der Waals surface area (Å²) in [6, 6.07) is 10.6. The van der Waals surface area contributed by atoms with Crippen molar-refractivity contribution in [2.24, 2.45) is 11.7 Å². The second-order valence-corrected chi connectivity index (χ2v) is 7.07. The summed E-state index contributed by atoms with van der Waals surface area (Å²) >= 11 is 11.3. The zero-order chi connectivity index (χ0) is 12.7. The highest BCUT2D eigenvalue weighted by Gasteiger charge is 2.30. The predicted molar refractivity (Wildman–Crippen MR) is 82.1 cm³/mol. The molecule has 0 bridgehead atoms. The van der Waals surface area contributed by atoms with Crippen LogP contribution in [0.25, 0.3) is 10.4 Å². The van der Waals surface area contributed by atoms with Gasteiger partial charge in [-0.25, -0.2) is 0 Å². The van der Waals surface area contributed by atoms with Crippen molar-refractivity contribution >= 4 is 38.9 Å². The van der Waals surface area contributed by atoms with Crippen molar-refractivity contribution in [2.45, 2.75) is 18.9 Å². The Labute approximate surface area is 124 Å². The monoisotopic (exact) mass is 341 g/mol. The molecule has 0 saturated heterocycles. The van der Waals surface area contributed by atoms with Gasteiger partial charge in [-0.15, -0.1) is 11.3 Å². The fourth-order valence-electron chi connectivity index (χ4n) is 2.02. The molecule has 0 radical (unpaired) electrons. The van der Waals surface area contributed by atoms with E-state index in [0.29, 0.717) is 5.92 Å². The van der Waals surface area contributed by atoms with Crippen LogP contribution in [0.2, 0.25) is 5.02 Å². The lowest BCUT2D eigenvalue weighted by Gasteiger charge is -2.06. The topological polar surface area (TPSA) is 26.0 Å². The molecule has 1 fully saturated rings. The molecule has 1 saturated carbocycles. The van der Waals surface area contributed by atoms with Gasteiger partial charge in [-0.1, -0.05) is 17.7 Å². The van der Waals surface area contributed by atoms with Crippen LogP contribution >= 0.6 is 38.9 Å². The number of rotatable bonds is 3. The van der Waals surface area contributed by atoms with E-state index < -0.39 is 0 Å².